The second-order valence-electron chi connectivity index (χ2n) is 13.5. The summed E-state index contributed by atoms with van der Waals surface area (Å²) in [7, 11) is 0. The van der Waals surface area contributed by atoms with Crippen molar-refractivity contribution in [3.05, 3.63) is 89.1 Å². The number of nitriles is 1. The van der Waals surface area contributed by atoms with Crippen LogP contribution in [0.15, 0.2) is 65.3 Å². The molecule has 2 aromatic carbocycles. The maximum Gasteiger partial charge on any atom is 0.328 e. The fourth-order valence-electron chi connectivity index (χ4n) is 7.14. The van der Waals surface area contributed by atoms with Crippen LogP contribution in [0.3, 0.4) is 0 Å². The summed E-state index contributed by atoms with van der Waals surface area (Å²) < 4.78 is 5.51. The van der Waals surface area contributed by atoms with Crippen molar-refractivity contribution in [2.75, 3.05) is 36.0 Å². The van der Waals surface area contributed by atoms with Crippen LogP contribution in [-0.2, 0) is 16.8 Å². The number of piperidine rings is 1. The number of likely N-dealkylation sites (tertiary alicyclic amines) is 1. The molecule has 4 aromatic rings. The Morgan fingerprint density at radius 2 is 1.79 bits per heavy atom. The maximum atomic E-state index is 12.2. The summed E-state index contributed by atoms with van der Waals surface area (Å²) >= 11 is 0. The summed E-state index contributed by atoms with van der Waals surface area (Å²) in [5, 5.41) is 16.3. The Labute approximate surface area is 281 Å². The first-order chi connectivity index (χ1) is 23.2. The summed E-state index contributed by atoms with van der Waals surface area (Å²) in [5.41, 5.74) is 8.98. The van der Waals surface area contributed by atoms with Gasteiger partial charge in [-0.1, -0.05) is 29.4 Å². The van der Waals surface area contributed by atoms with E-state index >= 15 is 0 Å². The molecule has 2 aliphatic heterocycles. The summed E-state index contributed by atoms with van der Waals surface area (Å²) in [5.74, 6) is 1.06. The molecule has 0 radical (unpaired) electrons. The van der Waals surface area contributed by atoms with Crippen LogP contribution < -0.4 is 15.1 Å². The van der Waals surface area contributed by atoms with Gasteiger partial charge >= 0.3 is 6.03 Å². The minimum atomic E-state index is -0.396. The van der Waals surface area contributed by atoms with Crippen molar-refractivity contribution < 1.29 is 14.1 Å². The van der Waals surface area contributed by atoms with Crippen molar-refractivity contribution >= 4 is 29.0 Å². The van der Waals surface area contributed by atoms with E-state index in [1.54, 1.807) is 11.1 Å². The molecule has 2 aromatic heterocycles. The van der Waals surface area contributed by atoms with Gasteiger partial charge in [0.05, 0.1) is 34.8 Å². The molecule has 1 N–H and O–H groups in total. The van der Waals surface area contributed by atoms with Crippen molar-refractivity contribution in [3.63, 3.8) is 0 Å². The van der Waals surface area contributed by atoms with Gasteiger partial charge in [0.2, 0.25) is 5.91 Å². The van der Waals surface area contributed by atoms with E-state index < -0.39 is 6.03 Å². The molecule has 10 nitrogen and oxygen atoms in total. The van der Waals surface area contributed by atoms with Gasteiger partial charge < -0.3 is 9.42 Å². The molecule has 2 saturated heterocycles. The number of nitrogens with zero attached hydrogens (tertiary/aromatic N) is 6. The number of carbonyl (C=O) groups excluding carboxylic acids is 2. The van der Waals surface area contributed by atoms with E-state index in [9.17, 15) is 14.9 Å². The molecule has 0 spiro atoms. The number of urea groups is 1. The third kappa shape index (κ3) is 6.30. The predicted molar refractivity (Wildman–Crippen MR) is 184 cm³/mol. The molecule has 1 saturated carbocycles. The van der Waals surface area contributed by atoms with Gasteiger partial charge in [-0.2, -0.15) is 5.26 Å². The number of hydrogen-bond acceptors (Lipinski definition) is 8. The Morgan fingerprint density at radius 3 is 2.42 bits per heavy atom. The number of carbonyl (C=O) groups is 2. The zero-order valence-corrected chi connectivity index (χ0v) is 27.8. The summed E-state index contributed by atoms with van der Waals surface area (Å²) in [6.45, 7) is 10.1. The van der Waals surface area contributed by atoms with Crippen LogP contribution in [0, 0.1) is 38.0 Å². The van der Waals surface area contributed by atoms with Gasteiger partial charge in [0.15, 0.2) is 0 Å². The number of aryl methyl sites for hydroxylation is 3. The van der Waals surface area contributed by atoms with Gasteiger partial charge in [0.1, 0.15) is 5.76 Å². The van der Waals surface area contributed by atoms with E-state index in [0.717, 1.165) is 91.4 Å². The summed E-state index contributed by atoms with van der Waals surface area (Å²) in [6, 6.07) is 21.3. The molecule has 7 rings (SSSR count). The van der Waals surface area contributed by atoms with Gasteiger partial charge in [-0.25, -0.2) is 4.79 Å². The van der Waals surface area contributed by atoms with Crippen molar-refractivity contribution in [3.8, 4) is 17.2 Å². The fourth-order valence-corrected chi connectivity index (χ4v) is 7.14. The maximum absolute atomic E-state index is 12.2. The number of hydrogen-bond donors (Lipinski definition) is 1. The highest BCUT2D eigenvalue weighted by atomic mass is 16.5. The molecule has 48 heavy (non-hydrogen) atoms. The van der Waals surface area contributed by atoms with Crippen LogP contribution in [0.4, 0.5) is 21.9 Å². The van der Waals surface area contributed by atoms with E-state index in [1.165, 1.54) is 11.3 Å². The Kier molecular flexibility index (Phi) is 8.48. The molecule has 4 heterocycles. The second-order valence-corrected chi connectivity index (χ2v) is 13.5. The first-order valence-electron chi connectivity index (χ1n) is 16.8. The highest BCUT2D eigenvalue weighted by molar-refractivity contribution is 6.05. The van der Waals surface area contributed by atoms with Crippen molar-refractivity contribution in [2.45, 2.75) is 64.8 Å². The van der Waals surface area contributed by atoms with E-state index in [1.807, 2.05) is 26.0 Å². The van der Waals surface area contributed by atoms with Crippen molar-refractivity contribution in [1.82, 2.24) is 20.4 Å². The number of amides is 3. The largest absolute Gasteiger partial charge is 0.361 e. The van der Waals surface area contributed by atoms with Gasteiger partial charge in [0, 0.05) is 43.0 Å². The Balaban J connectivity index is 1.06. The molecule has 0 unspecified atom stereocenters. The number of nitrogens with one attached hydrogen (secondary N) is 1. The number of anilines is 3. The lowest BCUT2D eigenvalue weighted by Gasteiger charge is -2.36. The van der Waals surface area contributed by atoms with Gasteiger partial charge in [0.25, 0.3) is 0 Å². The molecule has 1 aliphatic carbocycles. The predicted octanol–water partition coefficient (Wildman–Crippen LogP) is 6.71. The summed E-state index contributed by atoms with van der Waals surface area (Å²) in [4.78, 5) is 34.8. The molecule has 3 amide bonds. The van der Waals surface area contributed by atoms with E-state index in [-0.39, 0.29) is 11.3 Å². The smallest absolute Gasteiger partial charge is 0.328 e. The molecule has 246 valence electrons. The lowest BCUT2D eigenvalue weighted by molar-refractivity contribution is -0.120. The fraction of sp³-hybridized carbons (Fsp3) is 0.395. The topological polar surface area (TPSA) is 119 Å². The van der Waals surface area contributed by atoms with Gasteiger partial charge in [-0.3, -0.25) is 24.9 Å². The van der Waals surface area contributed by atoms with Crippen LogP contribution in [-0.4, -0.2) is 53.2 Å². The van der Waals surface area contributed by atoms with Crippen LogP contribution in [0.25, 0.3) is 11.1 Å². The molecule has 10 heteroatoms. The Hall–Kier alpha value is -5.01. The van der Waals surface area contributed by atoms with E-state index in [0.29, 0.717) is 24.6 Å². The average Bonchev–Trinajstić information content (AvgIpc) is 3.83. The zero-order valence-electron chi connectivity index (χ0n) is 27.8. The number of benzene rings is 2. The van der Waals surface area contributed by atoms with Gasteiger partial charge in [-0.15, -0.1) is 0 Å². The highest BCUT2D eigenvalue weighted by Gasteiger charge is 2.44. The standard InChI is InChI=1S/C38H41N7O3/c1-25-4-5-29(36-26(2)42-48-27(36)3)20-34(25)45(32-9-6-30(7-10-32)38(24-39)15-16-38)22-28-12-17-43(18-13-28)23-31-8-11-33(21-40-31)44-19-14-35(46)41-37(44)47/h4-11,20-21,28H,12-19,22-23H2,1-3H3,(H,41,46,47). The number of pyridine rings is 1. The highest BCUT2D eigenvalue weighted by Crippen LogP contribution is 2.48. The molecular weight excluding hydrogens is 602 g/mol. The molecule has 3 aliphatic rings. The van der Waals surface area contributed by atoms with Crippen molar-refractivity contribution in [1.29, 1.82) is 5.26 Å². The molecule has 3 fully saturated rings. The second kappa shape index (κ2) is 12.9. The average molecular weight is 644 g/mol. The molecule has 0 atom stereocenters. The molecular formula is C38H41N7O3. The van der Waals surface area contributed by atoms with E-state index in [4.69, 9.17) is 4.52 Å². The van der Waals surface area contributed by atoms with Crippen LogP contribution in [0.5, 0.6) is 0 Å². The van der Waals surface area contributed by atoms with Gasteiger partial charge in [-0.05, 0) is 112 Å². The van der Waals surface area contributed by atoms with Crippen molar-refractivity contribution in [2.24, 2.45) is 5.92 Å². The minimum Gasteiger partial charge on any atom is -0.361 e. The Morgan fingerprint density at radius 1 is 1.02 bits per heavy atom. The first kappa shape index (κ1) is 31.6. The normalized spacial score (nSPS) is 18.0. The number of imide groups is 1. The Bertz CT molecular complexity index is 1840. The molecule has 0 bridgehead atoms. The monoisotopic (exact) mass is 643 g/mol. The third-order valence-corrected chi connectivity index (χ3v) is 10.2. The van der Waals surface area contributed by atoms with E-state index in [2.05, 4.69) is 80.7 Å². The number of rotatable bonds is 9. The van der Waals surface area contributed by atoms with Crippen LogP contribution in [0.1, 0.15) is 60.4 Å². The SMILES string of the molecule is Cc1ccc(-c2c(C)noc2C)cc1N(CC1CCN(Cc2ccc(N3CCC(=O)NC3=O)cn2)CC1)c1ccc(C2(C#N)CC2)cc1. The van der Waals surface area contributed by atoms with Crippen LogP contribution >= 0.6 is 0 Å². The number of aromatic nitrogens is 2. The first-order valence-corrected chi connectivity index (χ1v) is 16.8. The van der Waals surface area contributed by atoms with Crippen LogP contribution in [0.2, 0.25) is 0 Å². The lowest BCUT2D eigenvalue weighted by Crippen LogP contribution is -2.49. The quantitative estimate of drug-likeness (QED) is 0.214. The zero-order chi connectivity index (χ0) is 33.4. The summed E-state index contributed by atoms with van der Waals surface area (Å²) in [6.07, 6.45) is 6.01. The minimum absolute atomic E-state index is 0.243. The lowest BCUT2D eigenvalue weighted by atomic mass is 9.94. The third-order valence-electron chi connectivity index (χ3n) is 10.2.